The Morgan fingerprint density at radius 2 is 2.20 bits per heavy atom. The first-order valence-electron chi connectivity index (χ1n) is 7.01. The molecule has 1 aromatic carbocycles. The highest BCUT2D eigenvalue weighted by molar-refractivity contribution is 6.31. The molecule has 4 nitrogen and oxygen atoms in total. The number of rotatable bonds is 6. The Labute approximate surface area is 125 Å². The molecule has 1 fully saturated rings. The maximum Gasteiger partial charge on any atom is 0.170 e. The minimum absolute atomic E-state index is 0.0830. The molecule has 0 radical (unpaired) electrons. The fraction of sp³-hybridized carbons (Fsp3) is 0.533. The van der Waals surface area contributed by atoms with Crippen molar-refractivity contribution in [1.29, 1.82) is 0 Å². The first-order chi connectivity index (χ1) is 9.51. The summed E-state index contributed by atoms with van der Waals surface area (Å²) in [5.41, 5.74) is 7.30. The molecule has 5 heteroatoms. The van der Waals surface area contributed by atoms with E-state index in [-0.39, 0.29) is 5.84 Å². The lowest BCUT2D eigenvalue weighted by Crippen LogP contribution is -2.29. The van der Waals surface area contributed by atoms with Crippen LogP contribution in [0.4, 0.5) is 0 Å². The molecule has 1 aliphatic rings. The van der Waals surface area contributed by atoms with Crippen molar-refractivity contribution >= 4 is 17.4 Å². The van der Waals surface area contributed by atoms with Crippen LogP contribution in [0, 0.1) is 5.92 Å². The molecule has 0 aliphatic heterocycles. The van der Waals surface area contributed by atoms with Gasteiger partial charge in [0.05, 0.1) is 0 Å². The number of amidine groups is 1. The SMILES string of the molecule is CC(C)CN(Cc1ccc(/C(N)=N/O)cc1Cl)C1CC1. The topological polar surface area (TPSA) is 61.8 Å². The number of benzene rings is 1. The van der Waals surface area contributed by atoms with Crippen LogP contribution in [0.3, 0.4) is 0 Å². The molecule has 0 unspecified atom stereocenters. The van der Waals surface area contributed by atoms with Crippen LogP contribution < -0.4 is 5.73 Å². The maximum atomic E-state index is 8.69. The smallest absolute Gasteiger partial charge is 0.170 e. The largest absolute Gasteiger partial charge is 0.409 e. The van der Waals surface area contributed by atoms with Gasteiger partial charge in [-0.25, -0.2) is 0 Å². The van der Waals surface area contributed by atoms with Crippen LogP contribution >= 0.6 is 11.6 Å². The van der Waals surface area contributed by atoms with Gasteiger partial charge in [-0.05, 0) is 30.4 Å². The normalized spacial score (nSPS) is 16.1. The van der Waals surface area contributed by atoms with Crippen LogP contribution in [0.15, 0.2) is 23.4 Å². The Morgan fingerprint density at radius 3 is 2.70 bits per heavy atom. The molecule has 0 spiro atoms. The zero-order valence-corrected chi connectivity index (χ0v) is 12.8. The summed E-state index contributed by atoms with van der Waals surface area (Å²) in [7, 11) is 0. The van der Waals surface area contributed by atoms with E-state index < -0.39 is 0 Å². The molecule has 0 amide bonds. The molecule has 1 aliphatic carbocycles. The zero-order chi connectivity index (χ0) is 14.7. The second kappa shape index (κ2) is 6.46. The van der Waals surface area contributed by atoms with Crippen LogP contribution in [-0.2, 0) is 6.54 Å². The van der Waals surface area contributed by atoms with Gasteiger partial charge < -0.3 is 10.9 Å². The van der Waals surface area contributed by atoms with Gasteiger partial charge in [0.25, 0.3) is 0 Å². The summed E-state index contributed by atoms with van der Waals surface area (Å²) in [6, 6.07) is 6.27. The summed E-state index contributed by atoms with van der Waals surface area (Å²) in [6.07, 6.45) is 2.57. The van der Waals surface area contributed by atoms with E-state index in [2.05, 4.69) is 23.9 Å². The lowest BCUT2D eigenvalue weighted by molar-refractivity contribution is 0.226. The van der Waals surface area contributed by atoms with Crippen molar-refractivity contribution in [1.82, 2.24) is 4.90 Å². The molecular weight excluding hydrogens is 274 g/mol. The van der Waals surface area contributed by atoms with Gasteiger partial charge >= 0.3 is 0 Å². The summed E-state index contributed by atoms with van der Waals surface area (Å²) in [5, 5.41) is 12.3. The van der Waals surface area contributed by atoms with Crippen molar-refractivity contribution in [2.24, 2.45) is 16.8 Å². The van der Waals surface area contributed by atoms with Crippen LogP contribution in [0.1, 0.15) is 37.8 Å². The summed E-state index contributed by atoms with van der Waals surface area (Å²) >= 11 is 6.32. The minimum Gasteiger partial charge on any atom is -0.409 e. The highest BCUT2D eigenvalue weighted by Crippen LogP contribution is 2.30. The summed E-state index contributed by atoms with van der Waals surface area (Å²) in [6.45, 7) is 6.41. The number of hydrogen-bond donors (Lipinski definition) is 2. The van der Waals surface area contributed by atoms with Crippen LogP contribution in [0.2, 0.25) is 5.02 Å². The highest BCUT2D eigenvalue weighted by Gasteiger charge is 2.29. The van der Waals surface area contributed by atoms with Gasteiger partial charge in [-0.3, -0.25) is 4.90 Å². The Kier molecular flexibility index (Phi) is 4.89. The lowest BCUT2D eigenvalue weighted by Gasteiger charge is -2.24. The van der Waals surface area contributed by atoms with Crippen molar-refractivity contribution in [2.45, 2.75) is 39.3 Å². The summed E-state index contributed by atoms with van der Waals surface area (Å²) in [4.78, 5) is 2.50. The number of halogens is 1. The fourth-order valence-electron chi connectivity index (χ4n) is 2.36. The van der Waals surface area contributed by atoms with E-state index in [1.807, 2.05) is 12.1 Å². The quantitative estimate of drug-likeness (QED) is 0.367. The Hall–Kier alpha value is -1.26. The van der Waals surface area contributed by atoms with Gasteiger partial charge in [-0.15, -0.1) is 0 Å². The highest BCUT2D eigenvalue weighted by atomic mass is 35.5. The van der Waals surface area contributed by atoms with E-state index in [1.54, 1.807) is 6.07 Å². The van der Waals surface area contributed by atoms with E-state index in [9.17, 15) is 0 Å². The van der Waals surface area contributed by atoms with Crippen LogP contribution in [0.25, 0.3) is 0 Å². The Balaban J connectivity index is 2.12. The predicted octanol–water partition coefficient (Wildman–Crippen LogP) is 3.05. The first kappa shape index (κ1) is 15.1. The van der Waals surface area contributed by atoms with E-state index in [0.29, 0.717) is 22.5 Å². The first-order valence-corrected chi connectivity index (χ1v) is 7.39. The predicted molar refractivity (Wildman–Crippen MR) is 82.2 cm³/mol. The average Bonchev–Trinajstić information content (AvgIpc) is 3.23. The second-order valence-corrected chi connectivity index (χ2v) is 6.25. The van der Waals surface area contributed by atoms with Crippen molar-refractivity contribution in [3.8, 4) is 0 Å². The molecule has 0 atom stereocenters. The average molecular weight is 296 g/mol. The van der Waals surface area contributed by atoms with E-state index >= 15 is 0 Å². The molecule has 0 saturated heterocycles. The van der Waals surface area contributed by atoms with Crippen molar-refractivity contribution in [2.75, 3.05) is 6.54 Å². The van der Waals surface area contributed by atoms with Crippen molar-refractivity contribution in [3.05, 3.63) is 34.3 Å². The molecular formula is C15H22ClN3O. The maximum absolute atomic E-state index is 8.69. The van der Waals surface area contributed by atoms with Gasteiger partial charge in [0.1, 0.15) is 0 Å². The number of nitrogens with zero attached hydrogens (tertiary/aromatic N) is 2. The Morgan fingerprint density at radius 1 is 1.50 bits per heavy atom. The summed E-state index contributed by atoms with van der Waals surface area (Å²) in [5.74, 6) is 0.727. The van der Waals surface area contributed by atoms with Crippen LogP contribution in [0.5, 0.6) is 0 Å². The molecule has 3 N–H and O–H groups in total. The number of oxime groups is 1. The molecule has 1 aromatic rings. The van der Waals surface area contributed by atoms with Crippen molar-refractivity contribution in [3.63, 3.8) is 0 Å². The van der Waals surface area contributed by atoms with Gasteiger partial charge in [0.15, 0.2) is 5.84 Å². The third-order valence-corrected chi connectivity index (χ3v) is 3.84. The third kappa shape index (κ3) is 3.87. The zero-order valence-electron chi connectivity index (χ0n) is 12.0. The Bertz CT molecular complexity index is 498. The number of nitrogens with two attached hydrogens (primary N) is 1. The van der Waals surface area contributed by atoms with Crippen LogP contribution in [-0.4, -0.2) is 28.5 Å². The van der Waals surface area contributed by atoms with Gasteiger partial charge in [0, 0.05) is 29.7 Å². The van der Waals surface area contributed by atoms with E-state index in [4.69, 9.17) is 22.5 Å². The standard InChI is InChI=1S/C15H22ClN3O/c1-10(2)8-19(13-5-6-13)9-12-4-3-11(7-14(12)16)15(17)18-20/h3-4,7,10,13,20H,5-6,8-9H2,1-2H3,(H2,17,18). The molecule has 0 aromatic heterocycles. The van der Waals surface area contributed by atoms with E-state index in [1.165, 1.54) is 12.8 Å². The molecule has 110 valence electrons. The molecule has 1 saturated carbocycles. The molecule has 0 heterocycles. The number of hydrogen-bond acceptors (Lipinski definition) is 3. The molecule has 20 heavy (non-hydrogen) atoms. The van der Waals surface area contributed by atoms with Crippen molar-refractivity contribution < 1.29 is 5.21 Å². The summed E-state index contributed by atoms with van der Waals surface area (Å²) < 4.78 is 0. The monoisotopic (exact) mass is 295 g/mol. The van der Waals surface area contributed by atoms with E-state index in [0.717, 1.165) is 18.7 Å². The lowest BCUT2D eigenvalue weighted by atomic mass is 10.1. The third-order valence-electron chi connectivity index (χ3n) is 3.49. The van der Waals surface area contributed by atoms with Gasteiger partial charge in [-0.2, -0.15) is 0 Å². The fourth-order valence-corrected chi connectivity index (χ4v) is 2.60. The second-order valence-electron chi connectivity index (χ2n) is 5.85. The minimum atomic E-state index is 0.0830. The molecule has 0 bridgehead atoms. The molecule has 2 rings (SSSR count). The van der Waals surface area contributed by atoms with Gasteiger partial charge in [0.2, 0.25) is 0 Å². The van der Waals surface area contributed by atoms with Gasteiger partial charge in [-0.1, -0.05) is 42.7 Å².